The van der Waals surface area contributed by atoms with Crippen LogP contribution in [0.2, 0.25) is 0 Å². The van der Waals surface area contributed by atoms with Gasteiger partial charge in [-0.05, 0) is 84.6 Å². The van der Waals surface area contributed by atoms with E-state index in [1.165, 1.54) is 28.8 Å². The van der Waals surface area contributed by atoms with Crippen molar-refractivity contribution in [1.29, 1.82) is 0 Å². The topological polar surface area (TPSA) is 171 Å². The molecule has 0 saturated heterocycles. The Bertz CT molecular complexity index is 3270. The van der Waals surface area contributed by atoms with E-state index >= 15 is 0 Å². The molecule has 3 aromatic heterocycles. The van der Waals surface area contributed by atoms with Crippen LogP contribution < -0.4 is 22.5 Å². The third kappa shape index (κ3) is 11.8. The lowest BCUT2D eigenvalue weighted by Gasteiger charge is -2.11. The first-order valence-corrected chi connectivity index (χ1v) is 23.8. The molecule has 0 aliphatic carbocycles. The molecule has 0 radical (unpaired) electrons. The molecule has 0 atom stereocenters. The number of aromatic nitrogens is 6. The van der Waals surface area contributed by atoms with Crippen LogP contribution in [0.3, 0.4) is 0 Å². The number of hydrogen-bond donors (Lipinski definition) is 0. The molecule has 67 heavy (non-hydrogen) atoms. The molecule has 1 aliphatic rings. The minimum Gasteiger partial charge on any atom is -0.462 e. The molecule has 0 bridgehead atoms. The molecule has 7 aromatic rings. The molecule has 15 nitrogen and oxygen atoms in total. The third-order valence-corrected chi connectivity index (χ3v) is 12.3. The number of carbonyl (C=O) groups excluding carboxylic acids is 2. The van der Waals surface area contributed by atoms with Crippen molar-refractivity contribution in [3.63, 3.8) is 0 Å². The van der Waals surface area contributed by atoms with Crippen LogP contribution in [-0.4, -0.2) is 58.7 Å². The second-order valence-corrected chi connectivity index (χ2v) is 17.8. The maximum Gasteiger partial charge on any atom is 0.338 e. The molecule has 0 unspecified atom stereocenters. The SMILES string of the molecule is BrCc1cccc(Br)c1.CCOC(=O)c1cccc(CC2=Nc3c(c(=O)n(C)c(=O)n3C)C2)c1.CCOC(=O)c1cccc(Cc2nc3c(c(=O)n(C)c(=O)n3C)n2Cc2cccc(Br)c2)c1. The van der Waals surface area contributed by atoms with E-state index < -0.39 is 22.9 Å². The van der Waals surface area contributed by atoms with E-state index in [1.54, 1.807) is 64.3 Å². The smallest absolute Gasteiger partial charge is 0.338 e. The first kappa shape index (κ1) is 50.2. The van der Waals surface area contributed by atoms with Gasteiger partial charge in [-0.2, -0.15) is 0 Å². The van der Waals surface area contributed by atoms with Crippen LogP contribution in [0.5, 0.6) is 0 Å². The summed E-state index contributed by atoms with van der Waals surface area (Å²) < 4.78 is 19.0. The number of nitrogens with zero attached hydrogens (tertiary/aromatic N) is 7. The number of halogens is 3. The van der Waals surface area contributed by atoms with Crippen LogP contribution in [0, 0.1) is 0 Å². The van der Waals surface area contributed by atoms with Crippen LogP contribution in [-0.2, 0) is 68.8 Å². The highest BCUT2D eigenvalue weighted by Gasteiger charge is 2.24. The van der Waals surface area contributed by atoms with Crippen molar-refractivity contribution in [1.82, 2.24) is 27.8 Å². The molecule has 0 amide bonds. The molecule has 8 rings (SSSR count). The Labute approximate surface area is 410 Å². The van der Waals surface area contributed by atoms with Gasteiger partial charge in [0.25, 0.3) is 11.1 Å². The summed E-state index contributed by atoms with van der Waals surface area (Å²) in [5.41, 5.74) is 5.41. The van der Waals surface area contributed by atoms with Gasteiger partial charge in [0.2, 0.25) is 0 Å². The summed E-state index contributed by atoms with van der Waals surface area (Å²) in [6.07, 6.45) is 1.27. The highest BCUT2D eigenvalue weighted by atomic mass is 79.9. The Kier molecular flexibility index (Phi) is 16.9. The van der Waals surface area contributed by atoms with Crippen molar-refractivity contribution in [2.45, 2.75) is 45.0 Å². The minimum atomic E-state index is -0.435. The van der Waals surface area contributed by atoms with Gasteiger partial charge < -0.3 is 14.0 Å². The Hall–Kier alpha value is -6.24. The van der Waals surface area contributed by atoms with Gasteiger partial charge in [0.1, 0.15) is 11.6 Å². The lowest BCUT2D eigenvalue weighted by atomic mass is 10.0. The number of imidazole rings is 1. The Balaban J connectivity index is 0.000000191. The normalized spacial score (nSPS) is 11.5. The number of esters is 2. The van der Waals surface area contributed by atoms with E-state index in [4.69, 9.17) is 9.47 Å². The number of ether oxygens (including phenoxy) is 2. The predicted molar refractivity (Wildman–Crippen MR) is 269 cm³/mol. The average molecular weight is 1100 g/mol. The van der Waals surface area contributed by atoms with Crippen molar-refractivity contribution in [2.24, 2.45) is 33.2 Å². The highest BCUT2D eigenvalue weighted by molar-refractivity contribution is 9.10. The number of carbonyl (C=O) groups is 2. The Morgan fingerprint density at radius 3 is 1.69 bits per heavy atom. The molecule has 1 aliphatic heterocycles. The van der Waals surface area contributed by atoms with Gasteiger partial charge in [0.15, 0.2) is 11.2 Å². The second kappa shape index (κ2) is 22.5. The molecule has 348 valence electrons. The summed E-state index contributed by atoms with van der Waals surface area (Å²) in [5.74, 6) is 0.282. The number of aliphatic imine (C=N–C) groups is 1. The number of benzene rings is 4. The van der Waals surface area contributed by atoms with E-state index in [2.05, 4.69) is 69.9 Å². The summed E-state index contributed by atoms with van der Waals surface area (Å²) in [6, 6.07) is 30.3. The molecular weight excluding hydrogens is 1050 g/mol. The number of fused-ring (bicyclic) bond motifs is 2. The minimum absolute atomic E-state index is 0.294. The van der Waals surface area contributed by atoms with Crippen molar-refractivity contribution in [2.75, 3.05) is 13.2 Å². The molecule has 0 spiro atoms. The zero-order valence-electron chi connectivity index (χ0n) is 37.7. The zero-order valence-corrected chi connectivity index (χ0v) is 42.5. The molecule has 18 heteroatoms. The fraction of sp³-hybridized carbons (Fsp3) is 0.265. The van der Waals surface area contributed by atoms with Gasteiger partial charge in [-0.15, -0.1) is 0 Å². The Morgan fingerprint density at radius 1 is 0.627 bits per heavy atom. The monoisotopic (exact) mass is 1100 g/mol. The van der Waals surface area contributed by atoms with Gasteiger partial charge in [0.05, 0.1) is 29.9 Å². The van der Waals surface area contributed by atoms with Gasteiger partial charge in [0, 0.05) is 74.0 Å². The van der Waals surface area contributed by atoms with Gasteiger partial charge in [-0.1, -0.05) is 96.3 Å². The van der Waals surface area contributed by atoms with Crippen LogP contribution in [0.4, 0.5) is 5.82 Å². The number of alkyl halides is 1. The summed E-state index contributed by atoms with van der Waals surface area (Å²) >= 11 is 10.2. The first-order valence-electron chi connectivity index (χ1n) is 21.1. The maximum atomic E-state index is 13.1. The average Bonchev–Trinajstić information content (AvgIpc) is 3.91. The van der Waals surface area contributed by atoms with E-state index in [0.717, 1.165) is 45.8 Å². The summed E-state index contributed by atoms with van der Waals surface area (Å²) in [5, 5.41) is 0.923. The summed E-state index contributed by atoms with van der Waals surface area (Å²) in [7, 11) is 6.13. The maximum absolute atomic E-state index is 13.1. The largest absolute Gasteiger partial charge is 0.462 e. The van der Waals surface area contributed by atoms with Gasteiger partial charge in [-0.25, -0.2) is 29.2 Å². The van der Waals surface area contributed by atoms with Gasteiger partial charge >= 0.3 is 23.3 Å². The second-order valence-electron chi connectivity index (χ2n) is 15.4. The molecule has 0 fully saturated rings. The zero-order chi connectivity index (χ0) is 48.5. The molecule has 0 N–H and O–H groups in total. The molecule has 4 heterocycles. The fourth-order valence-electron chi connectivity index (χ4n) is 7.39. The molecule has 4 aromatic carbocycles. The summed E-state index contributed by atoms with van der Waals surface area (Å²) in [6.45, 7) is 4.54. The quantitative estimate of drug-likeness (QED) is 0.0941. The van der Waals surface area contributed by atoms with Crippen molar-refractivity contribution >= 4 is 82.4 Å². The lowest BCUT2D eigenvalue weighted by molar-refractivity contribution is 0.0516. The Morgan fingerprint density at radius 2 is 1.13 bits per heavy atom. The highest BCUT2D eigenvalue weighted by Crippen LogP contribution is 2.24. The van der Waals surface area contributed by atoms with Crippen molar-refractivity contribution in [3.8, 4) is 0 Å². The van der Waals surface area contributed by atoms with Crippen LogP contribution in [0.1, 0.15) is 68.2 Å². The third-order valence-electron chi connectivity index (χ3n) is 10.7. The first-order chi connectivity index (χ1) is 32.0. The van der Waals surface area contributed by atoms with Crippen LogP contribution in [0.25, 0.3) is 11.2 Å². The van der Waals surface area contributed by atoms with Gasteiger partial charge in [-0.3, -0.25) is 27.9 Å². The number of aryl methyl sites for hydroxylation is 1. The fourth-order valence-corrected chi connectivity index (χ4v) is 8.64. The van der Waals surface area contributed by atoms with E-state index in [0.29, 0.717) is 78.5 Å². The predicted octanol–water partition coefficient (Wildman–Crippen LogP) is 7.49. The van der Waals surface area contributed by atoms with Crippen molar-refractivity contribution < 1.29 is 19.1 Å². The lowest BCUT2D eigenvalue weighted by Crippen LogP contribution is -2.38. The number of hydrogen-bond acceptors (Lipinski definition) is 10. The summed E-state index contributed by atoms with van der Waals surface area (Å²) in [4.78, 5) is 83.0. The standard InChI is InChI=1S/C24H23BrN4O4.C18H19N3O4.C7H6Br2/c1-4-33-23(31)17-9-5-7-15(11-17)13-19-26-21-20(22(30)28(3)24(32)27(21)2)29(19)14-16-8-6-10-18(25)12-16;1-4-25-17(23)12-7-5-6-11(8-12)9-13-10-14-15(19-13)20(2)18(24)21(3)16(14)22;8-5-6-2-1-3-7(9)4-6/h5-12H,4,13-14H2,1-3H3;5-8H,4,9-10H2,1-3H3;1-4H,5H2. The molecule has 0 saturated carbocycles. The van der Waals surface area contributed by atoms with Crippen LogP contribution in [0.15, 0.2) is 130 Å². The van der Waals surface area contributed by atoms with E-state index in [-0.39, 0.29) is 11.5 Å². The molecular formula is C49H48Br3N7O8. The van der Waals surface area contributed by atoms with Crippen molar-refractivity contribution in [3.05, 3.63) is 192 Å². The van der Waals surface area contributed by atoms with E-state index in [9.17, 15) is 28.8 Å². The van der Waals surface area contributed by atoms with E-state index in [1.807, 2.05) is 53.1 Å². The number of rotatable bonds is 11. The van der Waals surface area contributed by atoms with Crippen LogP contribution >= 0.6 is 47.8 Å².